The lowest BCUT2D eigenvalue weighted by Gasteiger charge is -2.11. The van der Waals surface area contributed by atoms with Crippen molar-refractivity contribution >= 4 is 23.1 Å². The summed E-state index contributed by atoms with van der Waals surface area (Å²) >= 11 is 5.16. The molecular weight excluding hydrogens is 224 g/mol. The zero-order chi connectivity index (χ0) is 12.0. The molecule has 0 aliphatic heterocycles. The molecule has 1 heterocycles. The Labute approximate surface area is 100 Å². The molecule has 4 nitrogen and oxygen atoms in total. The number of thiocarbonyl (C=S) groups is 1. The fraction of sp³-hybridized carbons (Fsp3) is 0.455. The molecule has 0 fully saturated rings. The average molecular weight is 240 g/mol. The minimum absolute atomic E-state index is 0.182. The maximum atomic E-state index is 10.7. The highest BCUT2D eigenvalue weighted by Crippen LogP contribution is 2.08. The first-order valence-electron chi connectivity index (χ1n) is 5.14. The van der Waals surface area contributed by atoms with E-state index in [-0.39, 0.29) is 11.8 Å². The van der Waals surface area contributed by atoms with E-state index in [4.69, 9.17) is 22.4 Å². The lowest BCUT2D eigenvalue weighted by Crippen LogP contribution is -2.24. The van der Waals surface area contributed by atoms with E-state index in [0.29, 0.717) is 19.4 Å². The van der Waals surface area contributed by atoms with Crippen molar-refractivity contribution in [3.8, 4) is 0 Å². The molecule has 0 spiro atoms. The quantitative estimate of drug-likeness (QED) is 0.741. The highest BCUT2D eigenvalue weighted by Gasteiger charge is 2.08. The Morgan fingerprint density at radius 3 is 2.94 bits per heavy atom. The van der Waals surface area contributed by atoms with Crippen molar-refractivity contribution in [2.45, 2.75) is 26.3 Å². The predicted molar refractivity (Wildman–Crippen MR) is 65.7 cm³/mol. The van der Waals surface area contributed by atoms with Crippen LogP contribution in [-0.2, 0) is 11.3 Å². The molecule has 0 saturated carbocycles. The predicted octanol–water partition coefficient (Wildman–Crippen LogP) is 1.60. The number of carbonyl (C=O) groups excluding carboxylic acids is 1. The summed E-state index contributed by atoms with van der Waals surface area (Å²) in [6, 6.07) is 1.88. The number of rotatable bonds is 6. The normalized spacial score (nSPS) is 12.1. The maximum absolute atomic E-state index is 10.7. The van der Waals surface area contributed by atoms with Gasteiger partial charge in [0.05, 0.1) is 17.5 Å². The van der Waals surface area contributed by atoms with Crippen molar-refractivity contribution in [1.29, 1.82) is 0 Å². The van der Waals surface area contributed by atoms with Gasteiger partial charge in [-0.25, -0.2) is 0 Å². The minimum Gasteiger partial charge on any atom is -0.472 e. The van der Waals surface area contributed by atoms with Gasteiger partial charge in [0.1, 0.15) is 0 Å². The lowest BCUT2D eigenvalue weighted by molar-refractivity contribution is -0.118. The van der Waals surface area contributed by atoms with E-state index in [9.17, 15) is 4.79 Å². The molecule has 1 aromatic heterocycles. The molecule has 0 saturated heterocycles. The van der Waals surface area contributed by atoms with Crippen molar-refractivity contribution in [2.24, 2.45) is 11.7 Å². The number of nitrogens with two attached hydrogens (primary N) is 1. The third-order valence-electron chi connectivity index (χ3n) is 2.15. The number of nitrogens with one attached hydrogen (secondary N) is 1. The van der Waals surface area contributed by atoms with Crippen LogP contribution >= 0.6 is 12.2 Å². The van der Waals surface area contributed by atoms with E-state index in [0.717, 1.165) is 10.6 Å². The Kier molecular flexibility index (Phi) is 4.98. The van der Waals surface area contributed by atoms with Gasteiger partial charge in [0, 0.05) is 24.9 Å². The molecular formula is C11H16N2O2S. The van der Waals surface area contributed by atoms with Gasteiger partial charge in [0.25, 0.3) is 0 Å². The van der Waals surface area contributed by atoms with Crippen molar-refractivity contribution in [3.63, 3.8) is 0 Å². The van der Waals surface area contributed by atoms with Crippen LogP contribution in [0.15, 0.2) is 23.0 Å². The molecule has 1 amide bonds. The summed E-state index contributed by atoms with van der Waals surface area (Å²) in [5, 5.41) is 3.11. The van der Waals surface area contributed by atoms with Crippen LogP contribution in [0.25, 0.3) is 0 Å². The highest BCUT2D eigenvalue weighted by atomic mass is 32.1. The molecule has 0 bridgehead atoms. The van der Waals surface area contributed by atoms with Gasteiger partial charge in [-0.15, -0.1) is 0 Å². The van der Waals surface area contributed by atoms with E-state index >= 15 is 0 Å². The topological polar surface area (TPSA) is 68.3 Å². The van der Waals surface area contributed by atoms with E-state index in [1.54, 1.807) is 12.5 Å². The van der Waals surface area contributed by atoms with E-state index in [1.165, 1.54) is 0 Å². The molecule has 0 aromatic carbocycles. The maximum Gasteiger partial charge on any atom is 0.217 e. The first-order chi connectivity index (χ1) is 7.58. The second-order valence-electron chi connectivity index (χ2n) is 3.89. The second-order valence-corrected chi connectivity index (χ2v) is 4.38. The number of amides is 1. The first-order valence-corrected chi connectivity index (χ1v) is 5.55. The highest BCUT2D eigenvalue weighted by molar-refractivity contribution is 7.80. The molecule has 88 valence electrons. The van der Waals surface area contributed by atoms with Crippen LogP contribution < -0.4 is 11.1 Å². The number of hydrogen-bond donors (Lipinski definition) is 2. The van der Waals surface area contributed by atoms with Crippen molar-refractivity contribution in [3.05, 3.63) is 24.2 Å². The monoisotopic (exact) mass is 240 g/mol. The van der Waals surface area contributed by atoms with E-state index < -0.39 is 0 Å². The number of primary amides is 1. The van der Waals surface area contributed by atoms with Crippen LogP contribution in [0.5, 0.6) is 0 Å². The van der Waals surface area contributed by atoms with Gasteiger partial charge < -0.3 is 15.5 Å². The number of furan rings is 1. The zero-order valence-corrected chi connectivity index (χ0v) is 10.0. The Hall–Kier alpha value is -1.36. The Balaban J connectivity index is 2.23. The third-order valence-corrected chi connectivity index (χ3v) is 2.46. The Morgan fingerprint density at radius 2 is 2.38 bits per heavy atom. The molecule has 1 atom stereocenters. The number of hydrogen-bond acceptors (Lipinski definition) is 3. The van der Waals surface area contributed by atoms with Crippen LogP contribution in [0.1, 0.15) is 25.3 Å². The van der Waals surface area contributed by atoms with Gasteiger partial charge in [-0.05, 0) is 12.0 Å². The van der Waals surface area contributed by atoms with E-state index in [2.05, 4.69) is 5.32 Å². The summed E-state index contributed by atoms with van der Waals surface area (Å²) < 4.78 is 4.94. The second kappa shape index (κ2) is 6.27. The van der Waals surface area contributed by atoms with Crippen LogP contribution in [0.2, 0.25) is 0 Å². The fourth-order valence-corrected chi connectivity index (χ4v) is 1.75. The Bertz CT molecular complexity index is 349. The molecule has 3 N–H and O–H groups in total. The standard InChI is InChI=1S/C11H16N2O2S/c1-8(4-10(12)14)5-11(16)13-6-9-2-3-15-7-9/h2-3,7-8H,4-6H2,1H3,(H2,12,14)(H,13,16)/t8-/m1/s1. The van der Waals surface area contributed by atoms with Crippen LogP contribution in [0, 0.1) is 5.92 Å². The number of carbonyl (C=O) groups is 1. The van der Waals surface area contributed by atoms with Crippen molar-refractivity contribution in [1.82, 2.24) is 5.32 Å². The van der Waals surface area contributed by atoms with Gasteiger partial charge in [-0.2, -0.15) is 0 Å². The van der Waals surface area contributed by atoms with Gasteiger partial charge in [0.15, 0.2) is 0 Å². The van der Waals surface area contributed by atoms with Crippen LogP contribution in [0.3, 0.4) is 0 Å². The zero-order valence-electron chi connectivity index (χ0n) is 9.23. The van der Waals surface area contributed by atoms with Gasteiger partial charge in [0.2, 0.25) is 5.91 Å². The molecule has 0 aliphatic carbocycles. The summed E-state index contributed by atoms with van der Waals surface area (Å²) in [6.07, 6.45) is 4.34. The molecule has 0 radical (unpaired) electrons. The molecule has 1 aromatic rings. The van der Waals surface area contributed by atoms with Gasteiger partial charge in [-0.3, -0.25) is 4.79 Å². The summed E-state index contributed by atoms with van der Waals surface area (Å²) in [7, 11) is 0. The van der Waals surface area contributed by atoms with Gasteiger partial charge in [-0.1, -0.05) is 19.1 Å². The lowest BCUT2D eigenvalue weighted by atomic mass is 10.0. The van der Waals surface area contributed by atoms with Crippen molar-refractivity contribution < 1.29 is 9.21 Å². The third kappa shape index (κ3) is 4.93. The molecule has 5 heteroatoms. The van der Waals surface area contributed by atoms with Crippen LogP contribution in [0.4, 0.5) is 0 Å². The largest absolute Gasteiger partial charge is 0.472 e. The smallest absolute Gasteiger partial charge is 0.217 e. The van der Waals surface area contributed by atoms with E-state index in [1.807, 2.05) is 13.0 Å². The fourth-order valence-electron chi connectivity index (χ4n) is 1.40. The van der Waals surface area contributed by atoms with Gasteiger partial charge >= 0.3 is 0 Å². The summed E-state index contributed by atoms with van der Waals surface area (Å²) in [6.45, 7) is 2.61. The Morgan fingerprint density at radius 1 is 1.62 bits per heavy atom. The molecule has 16 heavy (non-hydrogen) atoms. The molecule has 0 aliphatic rings. The summed E-state index contributed by atoms with van der Waals surface area (Å²) in [5.74, 6) is -0.105. The van der Waals surface area contributed by atoms with Crippen molar-refractivity contribution in [2.75, 3.05) is 0 Å². The van der Waals surface area contributed by atoms with Crippen LogP contribution in [-0.4, -0.2) is 10.9 Å². The first kappa shape index (κ1) is 12.7. The summed E-state index contributed by atoms with van der Waals surface area (Å²) in [4.78, 5) is 11.4. The minimum atomic E-state index is -0.287. The average Bonchev–Trinajstić information content (AvgIpc) is 2.65. The molecule has 0 unspecified atom stereocenters. The molecule has 1 rings (SSSR count). The summed E-state index contributed by atoms with van der Waals surface area (Å²) in [5.41, 5.74) is 6.15. The SMILES string of the molecule is C[C@H](CC(N)=O)CC(=S)NCc1ccoc1.